The van der Waals surface area contributed by atoms with E-state index < -0.39 is 33.9 Å². The monoisotopic (exact) mass is 430 g/mol. The molecule has 0 spiro atoms. The average molecular weight is 430 g/mol. The lowest BCUT2D eigenvalue weighted by Crippen LogP contribution is -2.36. The number of hydrogen-bond donors (Lipinski definition) is 3. The Balaban J connectivity index is 1.49. The van der Waals surface area contributed by atoms with E-state index in [2.05, 4.69) is 10.6 Å². The number of amides is 4. The van der Waals surface area contributed by atoms with Crippen LogP contribution in [0.1, 0.15) is 17.5 Å². The number of nitrogens with two attached hydrogens (primary N) is 1. The van der Waals surface area contributed by atoms with Crippen molar-refractivity contribution in [2.45, 2.75) is 30.3 Å². The molecule has 2 aromatic rings. The molecular weight excluding hydrogens is 408 g/mol. The van der Waals surface area contributed by atoms with Crippen LogP contribution in [0, 0.1) is 0 Å². The summed E-state index contributed by atoms with van der Waals surface area (Å²) in [6, 6.07) is 13.8. The highest BCUT2D eigenvalue weighted by molar-refractivity contribution is 7.89. The molecule has 1 atom stereocenters. The standard InChI is InChI=1S/C20H22N4O5S/c21-30(28,29)16-8-6-15(7-9-16)13-22-18(25)12-17-19(26)24(20(27)23-17)11-10-14-4-2-1-3-5-14/h1-9,17H,10-13H2,(H,22,25)(H,23,27)(H2,21,28,29). The average Bonchev–Trinajstić information content (AvgIpc) is 2.98. The van der Waals surface area contributed by atoms with Gasteiger partial charge in [0.1, 0.15) is 6.04 Å². The Hall–Kier alpha value is -3.24. The Morgan fingerprint density at radius 1 is 1.03 bits per heavy atom. The zero-order valence-electron chi connectivity index (χ0n) is 16.1. The molecule has 1 fully saturated rings. The number of imide groups is 1. The topological polar surface area (TPSA) is 139 Å². The van der Waals surface area contributed by atoms with Gasteiger partial charge in [0.05, 0.1) is 11.3 Å². The summed E-state index contributed by atoms with van der Waals surface area (Å²) in [5.74, 6) is -0.835. The second-order valence-electron chi connectivity index (χ2n) is 6.90. The molecule has 1 aliphatic heterocycles. The first-order chi connectivity index (χ1) is 14.2. The molecule has 9 nitrogen and oxygen atoms in total. The van der Waals surface area contributed by atoms with E-state index in [4.69, 9.17) is 5.14 Å². The van der Waals surface area contributed by atoms with E-state index >= 15 is 0 Å². The van der Waals surface area contributed by atoms with Gasteiger partial charge in [-0.25, -0.2) is 18.4 Å². The number of sulfonamides is 1. The van der Waals surface area contributed by atoms with E-state index in [1.54, 1.807) is 0 Å². The van der Waals surface area contributed by atoms with Crippen molar-refractivity contribution in [2.75, 3.05) is 6.54 Å². The molecule has 0 radical (unpaired) electrons. The number of benzene rings is 2. The molecule has 10 heteroatoms. The first kappa shape index (κ1) is 21.5. The summed E-state index contributed by atoms with van der Waals surface area (Å²) in [6.45, 7) is 0.388. The van der Waals surface area contributed by atoms with Crippen LogP contribution in [0.5, 0.6) is 0 Å². The van der Waals surface area contributed by atoms with Crippen LogP contribution in [-0.2, 0) is 32.6 Å². The highest BCUT2D eigenvalue weighted by atomic mass is 32.2. The van der Waals surface area contributed by atoms with Gasteiger partial charge in [0.15, 0.2) is 0 Å². The minimum atomic E-state index is -3.78. The predicted octanol–water partition coefficient (Wildman–Crippen LogP) is 0.503. The van der Waals surface area contributed by atoms with Crippen LogP contribution in [0.3, 0.4) is 0 Å². The maximum absolute atomic E-state index is 12.5. The summed E-state index contributed by atoms with van der Waals surface area (Å²) < 4.78 is 22.5. The zero-order chi connectivity index (χ0) is 21.7. The minimum absolute atomic E-state index is 0.0209. The van der Waals surface area contributed by atoms with Crippen molar-refractivity contribution in [2.24, 2.45) is 5.14 Å². The number of urea groups is 1. The van der Waals surface area contributed by atoms with E-state index in [-0.39, 0.29) is 24.4 Å². The second kappa shape index (κ2) is 9.06. The van der Waals surface area contributed by atoms with Gasteiger partial charge in [-0.15, -0.1) is 0 Å². The van der Waals surface area contributed by atoms with E-state index in [1.165, 1.54) is 24.3 Å². The number of carbonyl (C=O) groups excluding carboxylic acids is 3. The summed E-state index contributed by atoms with van der Waals surface area (Å²) in [5, 5.41) is 10.2. The van der Waals surface area contributed by atoms with E-state index in [0.717, 1.165) is 10.5 Å². The Labute approximate surface area is 174 Å². The normalized spacial score (nSPS) is 16.4. The van der Waals surface area contributed by atoms with Crippen molar-refractivity contribution in [1.82, 2.24) is 15.5 Å². The first-order valence-electron chi connectivity index (χ1n) is 9.28. The largest absolute Gasteiger partial charge is 0.352 e. The summed E-state index contributed by atoms with van der Waals surface area (Å²) in [6.07, 6.45) is 0.356. The Morgan fingerprint density at radius 2 is 1.70 bits per heavy atom. The number of carbonyl (C=O) groups is 3. The number of rotatable bonds is 8. The van der Waals surface area contributed by atoms with Gasteiger partial charge < -0.3 is 10.6 Å². The van der Waals surface area contributed by atoms with Gasteiger partial charge in [-0.3, -0.25) is 14.5 Å². The van der Waals surface area contributed by atoms with Crippen LogP contribution < -0.4 is 15.8 Å². The minimum Gasteiger partial charge on any atom is -0.352 e. The number of hydrogen-bond acceptors (Lipinski definition) is 5. The van der Waals surface area contributed by atoms with Crippen molar-refractivity contribution < 1.29 is 22.8 Å². The third-order valence-corrected chi connectivity index (χ3v) is 5.63. The summed E-state index contributed by atoms with van der Waals surface area (Å²) in [7, 11) is -3.78. The van der Waals surface area contributed by atoms with Crippen LogP contribution in [0.25, 0.3) is 0 Å². The second-order valence-corrected chi connectivity index (χ2v) is 8.46. The molecule has 158 valence electrons. The predicted molar refractivity (Wildman–Crippen MR) is 108 cm³/mol. The van der Waals surface area contributed by atoms with Gasteiger partial charge in [-0.1, -0.05) is 42.5 Å². The molecule has 0 saturated carbocycles. The van der Waals surface area contributed by atoms with Gasteiger partial charge in [-0.05, 0) is 29.7 Å². The van der Waals surface area contributed by atoms with E-state index in [0.29, 0.717) is 12.0 Å². The van der Waals surface area contributed by atoms with Crippen LogP contribution in [0.15, 0.2) is 59.5 Å². The van der Waals surface area contributed by atoms with Crippen LogP contribution in [0.2, 0.25) is 0 Å². The van der Waals surface area contributed by atoms with Crippen molar-refractivity contribution in [3.05, 3.63) is 65.7 Å². The van der Waals surface area contributed by atoms with Crippen LogP contribution in [0.4, 0.5) is 4.79 Å². The van der Waals surface area contributed by atoms with Gasteiger partial charge >= 0.3 is 6.03 Å². The van der Waals surface area contributed by atoms with E-state index in [1.807, 2.05) is 30.3 Å². The molecular formula is C20H22N4O5S. The maximum atomic E-state index is 12.5. The Kier molecular flexibility index (Phi) is 6.48. The molecule has 0 bridgehead atoms. The molecule has 1 unspecified atom stereocenters. The highest BCUT2D eigenvalue weighted by Crippen LogP contribution is 2.12. The smallest absolute Gasteiger partial charge is 0.324 e. The van der Waals surface area contributed by atoms with Gasteiger partial charge in [0, 0.05) is 13.1 Å². The van der Waals surface area contributed by atoms with Crippen LogP contribution in [-0.4, -0.2) is 43.7 Å². The van der Waals surface area contributed by atoms with Crippen molar-refractivity contribution in [3.8, 4) is 0 Å². The van der Waals surface area contributed by atoms with E-state index in [9.17, 15) is 22.8 Å². The van der Waals surface area contributed by atoms with Gasteiger partial charge in [0.25, 0.3) is 5.91 Å². The summed E-state index contributed by atoms with van der Waals surface area (Å²) in [5.41, 5.74) is 1.68. The van der Waals surface area contributed by atoms with Crippen molar-refractivity contribution in [3.63, 3.8) is 0 Å². The lowest BCUT2D eigenvalue weighted by molar-refractivity contribution is -0.130. The molecule has 1 heterocycles. The fraction of sp³-hybridized carbons (Fsp3) is 0.250. The third kappa shape index (κ3) is 5.43. The van der Waals surface area contributed by atoms with Gasteiger partial charge in [0.2, 0.25) is 15.9 Å². The fourth-order valence-corrected chi connectivity index (χ4v) is 3.58. The Bertz CT molecular complexity index is 1040. The number of primary sulfonamides is 1. The highest BCUT2D eigenvalue weighted by Gasteiger charge is 2.38. The molecule has 1 aliphatic rings. The summed E-state index contributed by atoms with van der Waals surface area (Å²) >= 11 is 0. The lowest BCUT2D eigenvalue weighted by Gasteiger charge is -2.13. The van der Waals surface area contributed by atoms with Crippen molar-refractivity contribution in [1.29, 1.82) is 0 Å². The zero-order valence-corrected chi connectivity index (χ0v) is 16.9. The van der Waals surface area contributed by atoms with Gasteiger partial charge in [-0.2, -0.15) is 0 Å². The SMILES string of the molecule is NS(=O)(=O)c1ccc(CNC(=O)CC2NC(=O)N(CCc3ccccc3)C2=O)cc1. The molecule has 3 rings (SSSR count). The third-order valence-electron chi connectivity index (χ3n) is 4.70. The molecule has 4 N–H and O–H groups in total. The molecule has 2 aromatic carbocycles. The first-order valence-corrected chi connectivity index (χ1v) is 10.8. The summed E-state index contributed by atoms with van der Waals surface area (Å²) in [4.78, 5) is 37.9. The number of nitrogens with one attached hydrogen (secondary N) is 2. The Morgan fingerprint density at radius 3 is 2.33 bits per heavy atom. The molecule has 1 saturated heterocycles. The molecule has 0 aromatic heterocycles. The molecule has 0 aliphatic carbocycles. The maximum Gasteiger partial charge on any atom is 0.324 e. The molecule has 30 heavy (non-hydrogen) atoms. The van der Waals surface area contributed by atoms with Crippen LogP contribution >= 0.6 is 0 Å². The number of nitrogens with zero attached hydrogens (tertiary/aromatic N) is 1. The van der Waals surface area contributed by atoms with Crippen molar-refractivity contribution >= 4 is 27.9 Å². The lowest BCUT2D eigenvalue weighted by atomic mass is 10.1. The fourth-order valence-electron chi connectivity index (χ4n) is 3.07. The quantitative estimate of drug-likeness (QED) is 0.524. The molecule has 4 amide bonds.